The maximum absolute atomic E-state index is 11.4. The second-order valence-electron chi connectivity index (χ2n) is 4.36. The van der Waals surface area contributed by atoms with Gasteiger partial charge in [0.2, 0.25) is 0 Å². The van der Waals surface area contributed by atoms with Crippen molar-refractivity contribution in [2.45, 2.75) is 38.1 Å². The summed E-state index contributed by atoms with van der Waals surface area (Å²) in [4.78, 5) is 22.8. The minimum Gasteiger partial charge on any atom is -0.391 e. The van der Waals surface area contributed by atoms with Crippen molar-refractivity contribution >= 4 is 11.9 Å². The highest BCUT2D eigenvalue weighted by Gasteiger charge is 2.17. The van der Waals surface area contributed by atoms with E-state index in [-0.39, 0.29) is 6.54 Å². The molecule has 7 N–H and O–H groups in total. The van der Waals surface area contributed by atoms with E-state index in [4.69, 9.17) is 17.2 Å². The van der Waals surface area contributed by atoms with E-state index in [2.05, 4.69) is 10.1 Å². The minimum absolute atomic E-state index is 0.00579. The molecule has 0 saturated carbocycles. The summed E-state index contributed by atoms with van der Waals surface area (Å²) in [6.07, 6.45) is 3.81. The fourth-order valence-electron chi connectivity index (χ4n) is 1.44. The molecule has 7 nitrogen and oxygen atoms in total. The van der Waals surface area contributed by atoms with Gasteiger partial charge in [0.1, 0.15) is 6.04 Å². The molecular formula is C12H26N4O3. The number of carbonyl (C=O) groups is 2. The number of rotatable bonds is 11. The van der Waals surface area contributed by atoms with Crippen LogP contribution in [0.2, 0.25) is 0 Å². The number of ether oxygens (including phenoxy) is 1. The molecule has 19 heavy (non-hydrogen) atoms. The summed E-state index contributed by atoms with van der Waals surface area (Å²) in [7, 11) is 0. The van der Waals surface area contributed by atoms with Crippen LogP contribution in [0.4, 0.5) is 0 Å². The van der Waals surface area contributed by atoms with Gasteiger partial charge in [0.05, 0.1) is 6.54 Å². The van der Waals surface area contributed by atoms with Crippen molar-refractivity contribution in [2.75, 3.05) is 26.2 Å². The lowest BCUT2D eigenvalue weighted by Gasteiger charge is -2.10. The molecule has 0 fully saturated rings. The summed E-state index contributed by atoms with van der Waals surface area (Å²) in [6, 6.07) is -0.757. The molecule has 0 heterocycles. The Morgan fingerprint density at radius 1 is 1.05 bits per heavy atom. The topological polar surface area (TPSA) is 133 Å². The Hall–Kier alpha value is -1.02. The largest absolute Gasteiger partial charge is 0.391 e. The van der Waals surface area contributed by atoms with Crippen LogP contribution in [0.5, 0.6) is 0 Å². The number of carbonyl (C=O) groups excluding carboxylic acids is 2. The average Bonchev–Trinajstić information content (AvgIpc) is 2.38. The Bertz CT molecular complexity index is 261. The lowest BCUT2D eigenvalue weighted by Crippen LogP contribution is -2.36. The number of hydrogen-bond donors (Lipinski definition) is 4. The van der Waals surface area contributed by atoms with Crippen LogP contribution in [-0.2, 0) is 14.3 Å². The van der Waals surface area contributed by atoms with Gasteiger partial charge in [-0.1, -0.05) is 6.42 Å². The van der Waals surface area contributed by atoms with Crippen LogP contribution < -0.4 is 22.5 Å². The molecule has 0 saturated heterocycles. The molecule has 112 valence electrons. The third-order valence-electron chi connectivity index (χ3n) is 2.56. The fourth-order valence-corrected chi connectivity index (χ4v) is 1.44. The molecule has 0 bridgehead atoms. The quantitative estimate of drug-likeness (QED) is 0.212. The fraction of sp³-hybridized carbons (Fsp3) is 0.833. The highest BCUT2D eigenvalue weighted by molar-refractivity contribution is 5.89. The van der Waals surface area contributed by atoms with Crippen LogP contribution in [0.15, 0.2) is 0 Å². The molecule has 0 aliphatic heterocycles. The maximum atomic E-state index is 11.4. The van der Waals surface area contributed by atoms with Gasteiger partial charge in [-0.2, -0.15) is 0 Å². The Balaban J connectivity index is 3.64. The molecule has 0 rings (SSSR count). The summed E-state index contributed by atoms with van der Waals surface area (Å²) in [6.45, 7) is 1.87. The molecule has 7 heteroatoms. The third kappa shape index (κ3) is 10.6. The van der Waals surface area contributed by atoms with E-state index in [9.17, 15) is 9.59 Å². The van der Waals surface area contributed by atoms with E-state index >= 15 is 0 Å². The second-order valence-corrected chi connectivity index (χ2v) is 4.36. The first-order valence-corrected chi connectivity index (χ1v) is 6.72. The van der Waals surface area contributed by atoms with Crippen molar-refractivity contribution in [3.63, 3.8) is 0 Å². The first kappa shape index (κ1) is 18.0. The minimum atomic E-state index is -0.757. The molecule has 0 radical (unpaired) electrons. The van der Waals surface area contributed by atoms with Crippen molar-refractivity contribution < 1.29 is 14.3 Å². The number of esters is 2. The van der Waals surface area contributed by atoms with Crippen molar-refractivity contribution in [1.29, 1.82) is 0 Å². The average molecular weight is 274 g/mol. The second kappa shape index (κ2) is 12.0. The smallest absolute Gasteiger partial charge is 0.330 e. The lowest BCUT2D eigenvalue weighted by molar-refractivity contribution is -0.160. The zero-order valence-corrected chi connectivity index (χ0v) is 11.4. The standard InChI is InChI=1S/C12H26N4O3/c13-6-2-1-5-10(15)12(18)19-11(17)9-16-8-4-3-7-14/h10,16H,1-9,13-15H2/t10-/m0/s1. The zero-order valence-electron chi connectivity index (χ0n) is 11.4. The molecule has 0 unspecified atom stereocenters. The number of hydrogen-bond acceptors (Lipinski definition) is 7. The van der Waals surface area contributed by atoms with Gasteiger partial charge in [-0.3, -0.25) is 4.79 Å². The molecule has 0 amide bonds. The van der Waals surface area contributed by atoms with Gasteiger partial charge in [-0.15, -0.1) is 0 Å². The van der Waals surface area contributed by atoms with Gasteiger partial charge in [0, 0.05) is 0 Å². The lowest BCUT2D eigenvalue weighted by atomic mass is 10.1. The Morgan fingerprint density at radius 3 is 2.32 bits per heavy atom. The molecule has 0 aliphatic rings. The molecule has 0 spiro atoms. The van der Waals surface area contributed by atoms with Crippen LogP contribution in [0.1, 0.15) is 32.1 Å². The molecular weight excluding hydrogens is 248 g/mol. The number of unbranched alkanes of at least 4 members (excludes halogenated alkanes) is 2. The van der Waals surface area contributed by atoms with E-state index in [1.807, 2.05) is 0 Å². The summed E-state index contributed by atoms with van der Waals surface area (Å²) >= 11 is 0. The van der Waals surface area contributed by atoms with Crippen molar-refractivity contribution in [2.24, 2.45) is 17.2 Å². The van der Waals surface area contributed by atoms with E-state index in [0.717, 1.165) is 25.7 Å². The van der Waals surface area contributed by atoms with Crippen LogP contribution in [0.25, 0.3) is 0 Å². The van der Waals surface area contributed by atoms with Crippen molar-refractivity contribution in [3.05, 3.63) is 0 Å². The van der Waals surface area contributed by atoms with Gasteiger partial charge in [0.25, 0.3) is 0 Å². The van der Waals surface area contributed by atoms with Crippen molar-refractivity contribution in [1.82, 2.24) is 5.32 Å². The summed E-state index contributed by atoms with van der Waals surface area (Å²) in [5.74, 6) is -1.28. The summed E-state index contributed by atoms with van der Waals surface area (Å²) < 4.78 is 4.63. The van der Waals surface area contributed by atoms with Gasteiger partial charge in [-0.05, 0) is 45.3 Å². The normalized spacial score (nSPS) is 12.2. The van der Waals surface area contributed by atoms with Gasteiger partial charge in [0.15, 0.2) is 0 Å². The molecule has 0 aliphatic carbocycles. The highest BCUT2D eigenvalue weighted by atomic mass is 16.6. The van der Waals surface area contributed by atoms with Crippen molar-refractivity contribution in [3.8, 4) is 0 Å². The first-order valence-electron chi connectivity index (χ1n) is 6.72. The maximum Gasteiger partial charge on any atom is 0.330 e. The summed E-state index contributed by atoms with van der Waals surface area (Å²) in [5, 5.41) is 2.88. The Morgan fingerprint density at radius 2 is 1.68 bits per heavy atom. The molecule has 1 atom stereocenters. The van der Waals surface area contributed by atoms with E-state index in [1.54, 1.807) is 0 Å². The van der Waals surface area contributed by atoms with Gasteiger partial charge >= 0.3 is 11.9 Å². The Kier molecular flexibility index (Phi) is 11.4. The van der Waals surface area contributed by atoms with E-state index in [1.165, 1.54) is 0 Å². The summed E-state index contributed by atoms with van der Waals surface area (Å²) in [5.41, 5.74) is 16.3. The monoisotopic (exact) mass is 274 g/mol. The van der Waals surface area contributed by atoms with Crippen LogP contribution >= 0.6 is 0 Å². The van der Waals surface area contributed by atoms with Crippen LogP contribution in [0.3, 0.4) is 0 Å². The molecule has 0 aromatic heterocycles. The number of nitrogens with two attached hydrogens (primary N) is 3. The predicted molar refractivity (Wildman–Crippen MR) is 73.1 cm³/mol. The van der Waals surface area contributed by atoms with E-state index in [0.29, 0.717) is 26.1 Å². The van der Waals surface area contributed by atoms with Gasteiger partial charge in [-0.25, -0.2) is 4.79 Å². The first-order chi connectivity index (χ1) is 9.11. The molecule has 0 aromatic carbocycles. The number of nitrogens with one attached hydrogen (secondary N) is 1. The Labute approximate surface area is 114 Å². The predicted octanol–water partition coefficient (Wildman–Crippen LogP) is -1.16. The van der Waals surface area contributed by atoms with E-state index < -0.39 is 18.0 Å². The van der Waals surface area contributed by atoms with Crippen LogP contribution in [0, 0.1) is 0 Å². The molecule has 0 aromatic rings. The SMILES string of the molecule is NCCCCNCC(=O)OC(=O)[C@@H](N)CCCCN. The highest BCUT2D eigenvalue weighted by Crippen LogP contribution is 2.00. The third-order valence-corrected chi connectivity index (χ3v) is 2.56. The zero-order chi connectivity index (χ0) is 14.5. The van der Waals surface area contributed by atoms with Crippen LogP contribution in [-0.4, -0.2) is 44.2 Å². The van der Waals surface area contributed by atoms with Gasteiger partial charge < -0.3 is 27.3 Å².